The standard InChI is InChI=1S/C20H22N2O2/c1-2-15-4-9-19-16(14-15)10-12-22(20(19)23)11-3-13-24-18-7-5-17(21)6-8-18/h4-10,12,14H,2-3,11,13,21H2,1H3. The fourth-order valence-electron chi connectivity index (χ4n) is 2.72. The highest BCUT2D eigenvalue weighted by molar-refractivity contribution is 5.82. The first-order valence-corrected chi connectivity index (χ1v) is 8.28. The number of aromatic nitrogens is 1. The first-order valence-electron chi connectivity index (χ1n) is 8.28. The number of hydrogen-bond donors (Lipinski definition) is 1. The number of nitrogens with zero attached hydrogens (tertiary/aromatic N) is 1. The van der Waals surface area contributed by atoms with Crippen LogP contribution in [0.25, 0.3) is 10.8 Å². The summed E-state index contributed by atoms with van der Waals surface area (Å²) < 4.78 is 7.42. The lowest BCUT2D eigenvalue weighted by molar-refractivity contribution is 0.301. The highest BCUT2D eigenvalue weighted by atomic mass is 16.5. The van der Waals surface area contributed by atoms with E-state index in [-0.39, 0.29) is 5.56 Å². The van der Waals surface area contributed by atoms with E-state index in [0.717, 1.165) is 35.1 Å². The van der Waals surface area contributed by atoms with Crippen molar-refractivity contribution >= 4 is 16.5 Å². The number of pyridine rings is 1. The van der Waals surface area contributed by atoms with E-state index in [1.807, 2.05) is 48.7 Å². The molecule has 124 valence electrons. The molecule has 0 unspecified atom stereocenters. The highest BCUT2D eigenvalue weighted by Crippen LogP contribution is 2.14. The quantitative estimate of drug-likeness (QED) is 0.557. The number of anilines is 1. The summed E-state index contributed by atoms with van der Waals surface area (Å²) >= 11 is 0. The lowest BCUT2D eigenvalue weighted by Gasteiger charge is -2.09. The topological polar surface area (TPSA) is 57.2 Å². The second-order valence-corrected chi connectivity index (χ2v) is 5.86. The Bertz CT molecular complexity index is 882. The van der Waals surface area contributed by atoms with E-state index in [0.29, 0.717) is 13.2 Å². The van der Waals surface area contributed by atoms with Crippen LogP contribution >= 0.6 is 0 Å². The largest absolute Gasteiger partial charge is 0.494 e. The van der Waals surface area contributed by atoms with Gasteiger partial charge >= 0.3 is 0 Å². The number of nitrogen functional groups attached to an aromatic ring is 1. The molecule has 0 atom stereocenters. The van der Waals surface area contributed by atoms with Crippen LogP contribution in [-0.2, 0) is 13.0 Å². The van der Waals surface area contributed by atoms with Gasteiger partial charge in [0.1, 0.15) is 5.75 Å². The third-order valence-electron chi connectivity index (χ3n) is 4.14. The van der Waals surface area contributed by atoms with Gasteiger partial charge in [0.05, 0.1) is 6.61 Å². The summed E-state index contributed by atoms with van der Waals surface area (Å²) in [5, 5.41) is 1.78. The molecule has 0 amide bonds. The van der Waals surface area contributed by atoms with E-state index >= 15 is 0 Å². The molecule has 2 N–H and O–H groups in total. The Kier molecular flexibility index (Phi) is 4.85. The van der Waals surface area contributed by atoms with Crippen LogP contribution in [0.4, 0.5) is 5.69 Å². The average molecular weight is 322 g/mol. The number of nitrogens with two attached hydrogens (primary N) is 1. The number of aryl methyl sites for hydroxylation is 2. The fourth-order valence-corrected chi connectivity index (χ4v) is 2.72. The first kappa shape index (κ1) is 16.1. The molecule has 1 aromatic heterocycles. The Morgan fingerprint density at radius 2 is 1.88 bits per heavy atom. The van der Waals surface area contributed by atoms with Gasteiger partial charge in [0.15, 0.2) is 0 Å². The molecule has 0 fully saturated rings. The summed E-state index contributed by atoms with van der Waals surface area (Å²) in [7, 11) is 0. The van der Waals surface area contributed by atoms with Crippen LogP contribution in [0.3, 0.4) is 0 Å². The molecule has 0 bridgehead atoms. The lowest BCUT2D eigenvalue weighted by atomic mass is 10.1. The molecular formula is C20H22N2O2. The minimum Gasteiger partial charge on any atom is -0.494 e. The summed E-state index contributed by atoms with van der Waals surface area (Å²) in [6.45, 7) is 3.31. The fraction of sp³-hybridized carbons (Fsp3) is 0.250. The van der Waals surface area contributed by atoms with Gasteiger partial charge in [-0.3, -0.25) is 4.79 Å². The normalized spacial score (nSPS) is 10.9. The van der Waals surface area contributed by atoms with Crippen molar-refractivity contribution in [2.24, 2.45) is 0 Å². The molecule has 3 rings (SSSR count). The Morgan fingerprint density at radius 1 is 1.08 bits per heavy atom. The lowest BCUT2D eigenvalue weighted by Crippen LogP contribution is -2.20. The SMILES string of the molecule is CCc1ccc2c(=O)n(CCCOc3ccc(N)cc3)ccc2c1. The van der Waals surface area contributed by atoms with Gasteiger partial charge in [-0.1, -0.05) is 19.1 Å². The molecule has 1 heterocycles. The smallest absolute Gasteiger partial charge is 0.258 e. The molecule has 0 radical (unpaired) electrons. The molecule has 24 heavy (non-hydrogen) atoms. The zero-order valence-electron chi connectivity index (χ0n) is 13.9. The Labute approximate surface area is 141 Å². The summed E-state index contributed by atoms with van der Waals surface area (Å²) in [6.07, 6.45) is 3.61. The monoisotopic (exact) mass is 322 g/mol. The molecule has 4 nitrogen and oxygen atoms in total. The number of ether oxygens (including phenoxy) is 1. The molecule has 0 spiro atoms. The van der Waals surface area contributed by atoms with Crippen LogP contribution in [0.5, 0.6) is 5.75 Å². The van der Waals surface area contributed by atoms with Crippen LogP contribution < -0.4 is 16.0 Å². The molecule has 0 aliphatic heterocycles. The van der Waals surface area contributed by atoms with Gasteiger partial charge in [-0.05, 0) is 60.2 Å². The Morgan fingerprint density at radius 3 is 2.62 bits per heavy atom. The van der Waals surface area contributed by atoms with Crippen LogP contribution in [0, 0.1) is 0 Å². The minimum atomic E-state index is 0.0580. The van der Waals surface area contributed by atoms with E-state index in [2.05, 4.69) is 13.0 Å². The summed E-state index contributed by atoms with van der Waals surface area (Å²) in [5.74, 6) is 0.794. The maximum absolute atomic E-state index is 12.5. The molecule has 3 aromatic rings. The van der Waals surface area contributed by atoms with Gasteiger partial charge in [0.2, 0.25) is 0 Å². The van der Waals surface area contributed by atoms with Gasteiger partial charge in [0, 0.05) is 23.8 Å². The average Bonchev–Trinajstić information content (AvgIpc) is 2.61. The maximum atomic E-state index is 12.5. The van der Waals surface area contributed by atoms with Gasteiger partial charge in [-0.15, -0.1) is 0 Å². The van der Waals surface area contributed by atoms with E-state index in [1.165, 1.54) is 5.56 Å². The van der Waals surface area contributed by atoms with Crippen molar-refractivity contribution in [1.82, 2.24) is 4.57 Å². The third-order valence-corrected chi connectivity index (χ3v) is 4.14. The summed E-state index contributed by atoms with van der Waals surface area (Å²) in [4.78, 5) is 12.5. The molecular weight excluding hydrogens is 300 g/mol. The van der Waals surface area contributed by atoms with E-state index in [1.54, 1.807) is 4.57 Å². The van der Waals surface area contributed by atoms with E-state index < -0.39 is 0 Å². The predicted octanol–water partition coefficient (Wildman–Crippen LogP) is 3.62. The summed E-state index contributed by atoms with van der Waals surface area (Å²) in [5.41, 5.74) is 7.67. The zero-order valence-corrected chi connectivity index (χ0v) is 13.9. The number of rotatable bonds is 6. The molecule has 0 saturated heterocycles. The van der Waals surface area contributed by atoms with Gasteiger partial charge in [-0.25, -0.2) is 0 Å². The third kappa shape index (κ3) is 3.59. The van der Waals surface area contributed by atoms with Crippen molar-refractivity contribution in [3.8, 4) is 5.75 Å². The minimum absolute atomic E-state index is 0.0580. The molecule has 4 heteroatoms. The zero-order chi connectivity index (χ0) is 16.9. The second-order valence-electron chi connectivity index (χ2n) is 5.86. The van der Waals surface area contributed by atoms with Gasteiger partial charge in [0.25, 0.3) is 5.56 Å². The van der Waals surface area contributed by atoms with Gasteiger partial charge in [-0.2, -0.15) is 0 Å². The van der Waals surface area contributed by atoms with E-state index in [4.69, 9.17) is 10.5 Å². The van der Waals surface area contributed by atoms with Crippen molar-refractivity contribution in [2.45, 2.75) is 26.3 Å². The molecule has 0 saturated carbocycles. The highest BCUT2D eigenvalue weighted by Gasteiger charge is 2.03. The van der Waals surface area contributed by atoms with Crippen molar-refractivity contribution in [3.63, 3.8) is 0 Å². The number of fused-ring (bicyclic) bond motifs is 1. The van der Waals surface area contributed by atoms with Crippen LogP contribution in [-0.4, -0.2) is 11.2 Å². The summed E-state index contributed by atoms with van der Waals surface area (Å²) in [6, 6.07) is 15.4. The van der Waals surface area contributed by atoms with Crippen molar-refractivity contribution < 1.29 is 4.74 Å². The van der Waals surface area contributed by atoms with Gasteiger partial charge < -0.3 is 15.0 Å². The van der Waals surface area contributed by atoms with Crippen molar-refractivity contribution in [2.75, 3.05) is 12.3 Å². The number of hydrogen-bond acceptors (Lipinski definition) is 3. The molecule has 0 aliphatic carbocycles. The number of benzene rings is 2. The molecule has 2 aromatic carbocycles. The Balaban J connectivity index is 1.64. The predicted molar refractivity (Wildman–Crippen MR) is 98.6 cm³/mol. The second kappa shape index (κ2) is 7.21. The Hall–Kier alpha value is -2.75. The van der Waals surface area contributed by atoms with Crippen LogP contribution in [0.15, 0.2) is 59.5 Å². The van der Waals surface area contributed by atoms with E-state index in [9.17, 15) is 4.79 Å². The van der Waals surface area contributed by atoms with Crippen LogP contribution in [0.1, 0.15) is 18.9 Å². The first-order chi connectivity index (χ1) is 11.7. The molecule has 0 aliphatic rings. The van der Waals surface area contributed by atoms with Crippen molar-refractivity contribution in [3.05, 3.63) is 70.6 Å². The van der Waals surface area contributed by atoms with Crippen LogP contribution in [0.2, 0.25) is 0 Å². The maximum Gasteiger partial charge on any atom is 0.258 e. The van der Waals surface area contributed by atoms with Crippen molar-refractivity contribution in [1.29, 1.82) is 0 Å².